The van der Waals surface area contributed by atoms with Crippen molar-refractivity contribution in [2.24, 2.45) is 5.92 Å². The molecule has 0 spiro atoms. The molecule has 0 bridgehead atoms. The van der Waals surface area contributed by atoms with Crippen LogP contribution >= 0.6 is 23.1 Å². The van der Waals surface area contributed by atoms with Gasteiger partial charge in [0.15, 0.2) is 5.13 Å². The number of thioether (sulfide) groups is 1. The molecule has 0 amide bonds. The number of hydrogen-bond acceptors (Lipinski definition) is 5. The first-order valence-electron chi connectivity index (χ1n) is 8.50. The SMILES string of the molecule is CSc1nc(N(CC2CCCCC2)c2ccc(C#N)cc2)sc1C. The number of aryl methyl sites for hydroxylation is 1. The van der Waals surface area contributed by atoms with Gasteiger partial charge in [-0.2, -0.15) is 5.26 Å². The van der Waals surface area contributed by atoms with Crippen molar-refractivity contribution in [1.29, 1.82) is 5.26 Å². The summed E-state index contributed by atoms with van der Waals surface area (Å²) in [6.07, 6.45) is 8.77. The summed E-state index contributed by atoms with van der Waals surface area (Å²) < 4.78 is 0. The van der Waals surface area contributed by atoms with Gasteiger partial charge >= 0.3 is 0 Å². The molecule has 0 aliphatic heterocycles. The number of nitrogens with zero attached hydrogens (tertiary/aromatic N) is 3. The molecule has 0 atom stereocenters. The van der Waals surface area contributed by atoms with Crippen molar-refractivity contribution in [3.8, 4) is 6.07 Å². The maximum atomic E-state index is 9.04. The Morgan fingerprint density at radius 3 is 2.54 bits per heavy atom. The van der Waals surface area contributed by atoms with Gasteiger partial charge in [0, 0.05) is 17.1 Å². The average molecular weight is 358 g/mol. The highest BCUT2D eigenvalue weighted by Crippen LogP contribution is 2.37. The third kappa shape index (κ3) is 3.93. The van der Waals surface area contributed by atoms with Crippen LogP contribution in [0.25, 0.3) is 0 Å². The fourth-order valence-corrected chi connectivity index (χ4v) is 5.04. The summed E-state index contributed by atoms with van der Waals surface area (Å²) >= 11 is 3.48. The number of anilines is 2. The summed E-state index contributed by atoms with van der Waals surface area (Å²) in [5.41, 5.74) is 1.84. The Bertz CT molecular complexity index is 709. The van der Waals surface area contributed by atoms with Crippen LogP contribution in [0.2, 0.25) is 0 Å². The molecular formula is C19H23N3S2. The second-order valence-corrected chi connectivity index (χ2v) is 8.31. The number of nitriles is 1. The molecule has 3 nitrogen and oxygen atoms in total. The van der Waals surface area contributed by atoms with E-state index in [2.05, 4.69) is 36.3 Å². The molecule has 0 N–H and O–H groups in total. The third-order valence-electron chi connectivity index (χ3n) is 4.64. The van der Waals surface area contributed by atoms with Gasteiger partial charge in [-0.1, -0.05) is 19.3 Å². The minimum atomic E-state index is 0.705. The van der Waals surface area contributed by atoms with Crippen LogP contribution in [-0.2, 0) is 0 Å². The third-order valence-corrected chi connectivity index (χ3v) is 6.55. The molecule has 1 aliphatic rings. The van der Waals surface area contributed by atoms with Gasteiger partial charge < -0.3 is 4.90 Å². The van der Waals surface area contributed by atoms with Crippen molar-refractivity contribution in [3.63, 3.8) is 0 Å². The Balaban J connectivity index is 1.90. The van der Waals surface area contributed by atoms with E-state index >= 15 is 0 Å². The van der Waals surface area contributed by atoms with E-state index in [1.807, 2.05) is 12.1 Å². The summed E-state index contributed by atoms with van der Waals surface area (Å²) in [5, 5.41) is 11.2. The zero-order valence-corrected chi connectivity index (χ0v) is 15.9. The number of benzene rings is 1. The van der Waals surface area contributed by atoms with Gasteiger partial charge in [-0.25, -0.2) is 4.98 Å². The zero-order chi connectivity index (χ0) is 16.9. The highest BCUT2D eigenvalue weighted by Gasteiger charge is 2.22. The number of thiazole rings is 1. The molecule has 2 aromatic rings. The molecule has 1 aromatic carbocycles. The van der Waals surface area contributed by atoms with Crippen LogP contribution in [-0.4, -0.2) is 17.8 Å². The summed E-state index contributed by atoms with van der Waals surface area (Å²) in [5.74, 6) is 0.733. The molecule has 3 rings (SSSR count). The molecule has 24 heavy (non-hydrogen) atoms. The lowest BCUT2D eigenvalue weighted by Gasteiger charge is -2.29. The highest BCUT2D eigenvalue weighted by molar-refractivity contribution is 7.98. The molecule has 0 saturated heterocycles. The van der Waals surface area contributed by atoms with Crippen LogP contribution in [0.1, 0.15) is 42.5 Å². The van der Waals surface area contributed by atoms with Crippen molar-refractivity contribution in [2.45, 2.75) is 44.1 Å². The van der Waals surface area contributed by atoms with Gasteiger partial charge in [-0.05, 0) is 56.2 Å². The van der Waals surface area contributed by atoms with Crippen LogP contribution in [0.5, 0.6) is 0 Å². The van der Waals surface area contributed by atoms with Gasteiger partial charge in [0.05, 0.1) is 11.6 Å². The molecule has 0 unspecified atom stereocenters. The molecule has 1 fully saturated rings. The first-order chi connectivity index (χ1) is 11.7. The predicted molar refractivity (Wildman–Crippen MR) is 103 cm³/mol. The molecule has 1 aliphatic carbocycles. The summed E-state index contributed by atoms with van der Waals surface area (Å²) in [7, 11) is 0. The number of rotatable bonds is 5. The monoisotopic (exact) mass is 357 g/mol. The average Bonchev–Trinajstić information content (AvgIpc) is 3.01. The van der Waals surface area contributed by atoms with E-state index in [-0.39, 0.29) is 0 Å². The van der Waals surface area contributed by atoms with E-state index in [4.69, 9.17) is 10.2 Å². The molecule has 5 heteroatoms. The molecule has 126 valence electrons. The van der Waals surface area contributed by atoms with E-state index in [0.29, 0.717) is 5.56 Å². The van der Waals surface area contributed by atoms with Gasteiger partial charge in [-0.3, -0.25) is 0 Å². The summed E-state index contributed by atoms with van der Waals surface area (Å²) in [6.45, 7) is 3.16. The van der Waals surface area contributed by atoms with Gasteiger partial charge in [0.2, 0.25) is 0 Å². The number of aromatic nitrogens is 1. The Labute approximate surface area is 152 Å². The Hall–Kier alpha value is -1.51. The lowest BCUT2D eigenvalue weighted by Crippen LogP contribution is -2.26. The van der Waals surface area contributed by atoms with Crippen LogP contribution in [0.4, 0.5) is 10.8 Å². The Morgan fingerprint density at radius 2 is 1.96 bits per heavy atom. The second kappa shape index (κ2) is 8.04. The van der Waals surface area contributed by atoms with Gasteiger partial charge in [0.25, 0.3) is 0 Å². The van der Waals surface area contributed by atoms with Crippen molar-refractivity contribution in [3.05, 3.63) is 34.7 Å². The van der Waals surface area contributed by atoms with Crippen LogP contribution in [0.3, 0.4) is 0 Å². The maximum Gasteiger partial charge on any atom is 0.191 e. The Morgan fingerprint density at radius 1 is 1.25 bits per heavy atom. The first kappa shape index (κ1) is 17.3. The second-order valence-electron chi connectivity index (χ2n) is 6.34. The van der Waals surface area contributed by atoms with Gasteiger partial charge in [0.1, 0.15) is 5.03 Å². The van der Waals surface area contributed by atoms with E-state index in [9.17, 15) is 0 Å². The first-order valence-corrected chi connectivity index (χ1v) is 10.5. The summed E-state index contributed by atoms with van der Waals surface area (Å²) in [6, 6.07) is 10.1. The lowest BCUT2D eigenvalue weighted by atomic mass is 9.89. The largest absolute Gasteiger partial charge is 0.318 e. The fourth-order valence-electron chi connectivity index (χ4n) is 3.31. The minimum absolute atomic E-state index is 0.705. The van der Waals surface area contributed by atoms with E-state index in [0.717, 1.165) is 28.3 Å². The van der Waals surface area contributed by atoms with Crippen LogP contribution in [0, 0.1) is 24.2 Å². The van der Waals surface area contributed by atoms with Crippen molar-refractivity contribution in [1.82, 2.24) is 4.98 Å². The van der Waals surface area contributed by atoms with Crippen molar-refractivity contribution >= 4 is 33.9 Å². The van der Waals surface area contributed by atoms with Crippen LogP contribution in [0.15, 0.2) is 29.3 Å². The van der Waals surface area contributed by atoms with E-state index in [1.54, 1.807) is 23.1 Å². The Kier molecular flexibility index (Phi) is 5.80. The van der Waals surface area contributed by atoms with Crippen molar-refractivity contribution < 1.29 is 0 Å². The van der Waals surface area contributed by atoms with E-state index < -0.39 is 0 Å². The van der Waals surface area contributed by atoms with E-state index in [1.165, 1.54) is 37.0 Å². The molecule has 1 saturated carbocycles. The minimum Gasteiger partial charge on any atom is -0.318 e. The molecule has 0 radical (unpaired) electrons. The quantitative estimate of drug-likeness (QED) is 0.637. The maximum absolute atomic E-state index is 9.04. The molecular weight excluding hydrogens is 334 g/mol. The van der Waals surface area contributed by atoms with Crippen molar-refractivity contribution in [2.75, 3.05) is 17.7 Å². The molecule has 1 heterocycles. The smallest absolute Gasteiger partial charge is 0.191 e. The topological polar surface area (TPSA) is 39.9 Å². The molecule has 1 aromatic heterocycles. The normalized spacial score (nSPS) is 15.2. The zero-order valence-electron chi connectivity index (χ0n) is 14.3. The van der Waals surface area contributed by atoms with Crippen LogP contribution < -0.4 is 4.90 Å². The standard InChI is InChI=1S/C19H23N3S2/c1-14-18(23-2)21-19(24-14)22(13-16-6-4-3-5-7-16)17-10-8-15(12-20)9-11-17/h8-11,16H,3-7,13H2,1-2H3. The highest BCUT2D eigenvalue weighted by atomic mass is 32.2. The fraction of sp³-hybridized carbons (Fsp3) is 0.474. The van der Waals surface area contributed by atoms with Gasteiger partial charge in [-0.15, -0.1) is 23.1 Å². The number of hydrogen-bond donors (Lipinski definition) is 0. The summed E-state index contributed by atoms with van der Waals surface area (Å²) in [4.78, 5) is 8.49. The lowest BCUT2D eigenvalue weighted by molar-refractivity contribution is 0.364. The predicted octanol–water partition coefficient (Wildman–Crippen LogP) is 5.76.